The lowest BCUT2D eigenvalue weighted by molar-refractivity contribution is -0.131. The number of rotatable bonds is 3. The monoisotopic (exact) mass is 269 g/mol. The van der Waals surface area contributed by atoms with Gasteiger partial charge in [0.2, 0.25) is 0 Å². The van der Waals surface area contributed by atoms with E-state index in [2.05, 4.69) is 5.43 Å². The van der Waals surface area contributed by atoms with Crippen LogP contribution < -0.4 is 10.7 Å². The van der Waals surface area contributed by atoms with Gasteiger partial charge in [-0.1, -0.05) is 6.42 Å². The third-order valence-corrected chi connectivity index (χ3v) is 3.04. The molecule has 1 fully saturated rings. The fourth-order valence-corrected chi connectivity index (χ4v) is 2.09. The molecular formula is C12H19N3O4. The maximum absolute atomic E-state index is 11.6. The maximum atomic E-state index is 11.6. The van der Waals surface area contributed by atoms with Crippen LogP contribution in [0.1, 0.15) is 33.1 Å². The minimum atomic E-state index is -1.24. The molecule has 1 aliphatic rings. The van der Waals surface area contributed by atoms with Crippen LogP contribution in [0.15, 0.2) is 12.2 Å². The Balaban J connectivity index is 2.46. The van der Waals surface area contributed by atoms with Crippen molar-refractivity contribution in [3.8, 4) is 0 Å². The van der Waals surface area contributed by atoms with Gasteiger partial charge in [0, 0.05) is 24.2 Å². The van der Waals surface area contributed by atoms with Crippen LogP contribution in [0.5, 0.6) is 0 Å². The van der Waals surface area contributed by atoms with Gasteiger partial charge in [-0.05, 0) is 26.7 Å². The number of carbonyl (C=O) groups is 3. The van der Waals surface area contributed by atoms with Gasteiger partial charge in [0.15, 0.2) is 0 Å². The van der Waals surface area contributed by atoms with Crippen molar-refractivity contribution in [1.29, 1.82) is 0 Å². The van der Waals surface area contributed by atoms with Gasteiger partial charge in [0.1, 0.15) is 0 Å². The molecular weight excluding hydrogens is 250 g/mol. The van der Waals surface area contributed by atoms with Gasteiger partial charge in [-0.3, -0.25) is 15.5 Å². The Labute approximate surface area is 111 Å². The highest BCUT2D eigenvalue weighted by Gasteiger charge is 2.26. The number of aliphatic carboxylic acids is 1. The molecule has 3 amide bonds. The van der Waals surface area contributed by atoms with Crippen LogP contribution in [0.4, 0.5) is 4.79 Å². The Morgan fingerprint density at radius 3 is 2.26 bits per heavy atom. The third-order valence-electron chi connectivity index (χ3n) is 3.04. The number of hydrogen-bond donors (Lipinski definition) is 3. The average molecular weight is 269 g/mol. The lowest BCUT2D eigenvalue weighted by Gasteiger charge is -2.38. The van der Waals surface area contributed by atoms with Crippen LogP contribution >= 0.6 is 0 Å². The van der Waals surface area contributed by atoms with E-state index in [9.17, 15) is 14.4 Å². The molecule has 19 heavy (non-hydrogen) atoms. The number of carbonyl (C=O) groups excluding carboxylic acids is 2. The molecule has 1 aliphatic heterocycles. The molecule has 0 saturated carbocycles. The van der Waals surface area contributed by atoms with Crippen LogP contribution in [0, 0.1) is 0 Å². The van der Waals surface area contributed by atoms with Crippen LogP contribution in [0.3, 0.4) is 0 Å². The molecule has 1 saturated heterocycles. The normalized spacial score (nSPS) is 24.1. The van der Waals surface area contributed by atoms with Crippen molar-refractivity contribution in [1.82, 2.24) is 15.8 Å². The summed E-state index contributed by atoms with van der Waals surface area (Å²) < 4.78 is 0. The number of carboxylic acid groups (broad SMARTS) is 1. The SMILES string of the molecule is CC1CCCC(C)N1NC(=O)NC(=O)/C=C/C(=O)O. The molecule has 0 aliphatic carbocycles. The molecule has 3 N–H and O–H groups in total. The second kappa shape index (κ2) is 6.89. The fraction of sp³-hybridized carbons (Fsp3) is 0.583. The van der Waals surface area contributed by atoms with E-state index in [1.54, 1.807) is 0 Å². The first-order valence-corrected chi connectivity index (χ1v) is 6.21. The van der Waals surface area contributed by atoms with Gasteiger partial charge in [0.25, 0.3) is 5.91 Å². The van der Waals surface area contributed by atoms with Crippen molar-refractivity contribution >= 4 is 17.9 Å². The predicted molar refractivity (Wildman–Crippen MR) is 68.1 cm³/mol. The summed E-state index contributed by atoms with van der Waals surface area (Å²) in [6.07, 6.45) is 4.55. The van der Waals surface area contributed by atoms with Crippen LogP contribution in [0.25, 0.3) is 0 Å². The zero-order valence-electron chi connectivity index (χ0n) is 11.0. The summed E-state index contributed by atoms with van der Waals surface area (Å²) >= 11 is 0. The summed E-state index contributed by atoms with van der Waals surface area (Å²) in [4.78, 5) is 33.0. The Morgan fingerprint density at radius 1 is 1.16 bits per heavy atom. The maximum Gasteiger partial charge on any atom is 0.336 e. The molecule has 0 aromatic heterocycles. The van der Waals surface area contributed by atoms with Gasteiger partial charge < -0.3 is 5.11 Å². The average Bonchev–Trinajstić information content (AvgIpc) is 2.31. The molecule has 1 rings (SSSR count). The van der Waals surface area contributed by atoms with E-state index in [1.165, 1.54) is 0 Å². The van der Waals surface area contributed by atoms with E-state index in [0.29, 0.717) is 6.08 Å². The molecule has 106 valence electrons. The van der Waals surface area contributed by atoms with Gasteiger partial charge in [-0.25, -0.2) is 14.6 Å². The quantitative estimate of drug-likeness (QED) is 0.653. The first-order valence-electron chi connectivity index (χ1n) is 6.21. The third kappa shape index (κ3) is 5.09. The van der Waals surface area contributed by atoms with Crippen LogP contribution in [-0.4, -0.2) is 40.1 Å². The van der Waals surface area contributed by atoms with E-state index >= 15 is 0 Å². The van der Waals surface area contributed by atoms with Gasteiger partial charge in [-0.2, -0.15) is 0 Å². The number of hydrazine groups is 1. The topological polar surface area (TPSA) is 98.7 Å². The highest BCUT2D eigenvalue weighted by Crippen LogP contribution is 2.19. The summed E-state index contributed by atoms with van der Waals surface area (Å²) in [6, 6.07) is -0.237. The second-order valence-electron chi connectivity index (χ2n) is 4.64. The van der Waals surface area contributed by atoms with E-state index in [0.717, 1.165) is 25.3 Å². The summed E-state index contributed by atoms with van der Waals surface area (Å²) in [5.74, 6) is -2.01. The summed E-state index contributed by atoms with van der Waals surface area (Å²) in [5.41, 5.74) is 2.62. The Kier molecular flexibility index (Phi) is 5.50. The highest BCUT2D eigenvalue weighted by molar-refractivity contribution is 6.02. The zero-order valence-corrected chi connectivity index (χ0v) is 11.0. The molecule has 0 aromatic rings. The van der Waals surface area contributed by atoms with Gasteiger partial charge in [-0.15, -0.1) is 0 Å². The molecule has 7 nitrogen and oxygen atoms in total. The molecule has 2 atom stereocenters. The van der Waals surface area contributed by atoms with E-state index in [-0.39, 0.29) is 12.1 Å². The zero-order chi connectivity index (χ0) is 14.4. The highest BCUT2D eigenvalue weighted by atomic mass is 16.4. The van der Waals surface area contributed by atoms with Gasteiger partial charge in [0.05, 0.1) is 0 Å². The van der Waals surface area contributed by atoms with Gasteiger partial charge >= 0.3 is 12.0 Å². The number of urea groups is 1. The summed E-state index contributed by atoms with van der Waals surface area (Å²) in [6.45, 7) is 4.00. The molecule has 0 bridgehead atoms. The smallest absolute Gasteiger partial charge is 0.336 e. The molecule has 0 spiro atoms. The van der Waals surface area contributed by atoms with Crippen molar-refractivity contribution in [3.63, 3.8) is 0 Å². The first-order chi connectivity index (χ1) is 8.90. The van der Waals surface area contributed by atoms with E-state index in [4.69, 9.17) is 5.11 Å². The molecule has 0 aromatic carbocycles. The number of nitrogens with one attached hydrogen (secondary N) is 2. The van der Waals surface area contributed by atoms with E-state index < -0.39 is 17.9 Å². The standard InChI is InChI=1S/C12H19N3O4/c1-8-4-3-5-9(2)15(8)14-12(19)13-10(16)6-7-11(17)18/h6-9H,3-5H2,1-2H3,(H,17,18)(H2,13,14,16,19)/b7-6+. The lowest BCUT2D eigenvalue weighted by atomic mass is 10.00. The van der Waals surface area contributed by atoms with Crippen molar-refractivity contribution < 1.29 is 19.5 Å². The molecule has 2 unspecified atom stereocenters. The molecule has 1 heterocycles. The van der Waals surface area contributed by atoms with Crippen molar-refractivity contribution in [3.05, 3.63) is 12.2 Å². The number of amides is 3. The van der Waals surface area contributed by atoms with E-state index in [1.807, 2.05) is 24.2 Å². The Morgan fingerprint density at radius 2 is 1.74 bits per heavy atom. The minimum Gasteiger partial charge on any atom is -0.478 e. The number of nitrogens with zero attached hydrogens (tertiary/aromatic N) is 1. The molecule has 7 heteroatoms. The molecule has 0 radical (unpaired) electrons. The summed E-state index contributed by atoms with van der Waals surface area (Å²) in [5, 5.41) is 12.2. The number of imide groups is 1. The van der Waals surface area contributed by atoms with Crippen molar-refractivity contribution in [2.75, 3.05) is 0 Å². The van der Waals surface area contributed by atoms with Crippen LogP contribution in [-0.2, 0) is 9.59 Å². The largest absolute Gasteiger partial charge is 0.478 e. The first kappa shape index (κ1) is 15.2. The second-order valence-corrected chi connectivity index (χ2v) is 4.64. The number of piperidine rings is 1. The number of carboxylic acids is 1. The predicted octanol–water partition coefficient (Wildman–Crippen LogP) is 0.631. The minimum absolute atomic E-state index is 0.208. The van der Waals surface area contributed by atoms with Crippen molar-refractivity contribution in [2.45, 2.75) is 45.2 Å². The fourth-order valence-electron chi connectivity index (χ4n) is 2.09. The lowest BCUT2D eigenvalue weighted by Crippen LogP contribution is -2.57. The Bertz CT molecular complexity index is 384. The van der Waals surface area contributed by atoms with Crippen LogP contribution in [0.2, 0.25) is 0 Å². The Hall–Kier alpha value is -1.89. The summed E-state index contributed by atoms with van der Waals surface area (Å²) in [7, 11) is 0. The number of hydrogen-bond acceptors (Lipinski definition) is 4. The van der Waals surface area contributed by atoms with Crippen molar-refractivity contribution in [2.24, 2.45) is 0 Å².